The Morgan fingerprint density at radius 2 is 2.08 bits per heavy atom. The minimum Gasteiger partial charge on any atom is -0.493 e. The Bertz CT molecular complexity index is 942. The van der Waals surface area contributed by atoms with Crippen molar-refractivity contribution in [2.24, 2.45) is 10.2 Å². The van der Waals surface area contributed by atoms with Crippen LogP contribution in [0.4, 0.5) is 10.1 Å². The molecule has 0 aliphatic heterocycles. The maximum atomic E-state index is 13.5. The smallest absolute Gasteiger partial charge is 0.274 e. The van der Waals surface area contributed by atoms with Crippen molar-refractivity contribution in [3.05, 3.63) is 52.8 Å². The van der Waals surface area contributed by atoms with E-state index in [-0.39, 0.29) is 23.1 Å². The number of nitrogens with zero attached hydrogens (tertiary/aromatic N) is 2. The van der Waals surface area contributed by atoms with Crippen molar-refractivity contribution in [2.45, 2.75) is 4.90 Å². The number of carbonyl (C=O) groups excluding carboxylic acids is 1. The first-order chi connectivity index (χ1) is 11.5. The van der Waals surface area contributed by atoms with Crippen LogP contribution in [-0.4, -0.2) is 21.8 Å². The number of carbonyl (C=O) groups is 1. The molecular formula is C16H11BrFN3O2S. The summed E-state index contributed by atoms with van der Waals surface area (Å²) < 4.78 is 14.3. The number of aromatic amines is 1. The van der Waals surface area contributed by atoms with Crippen molar-refractivity contribution in [1.29, 1.82) is 0 Å². The van der Waals surface area contributed by atoms with Crippen LogP contribution in [0.2, 0.25) is 0 Å². The molecule has 2 aromatic carbocycles. The Hall–Kier alpha value is -2.19. The molecular weight excluding hydrogens is 397 g/mol. The van der Waals surface area contributed by atoms with E-state index in [9.17, 15) is 14.3 Å². The van der Waals surface area contributed by atoms with Gasteiger partial charge in [0.05, 0.1) is 11.3 Å². The molecule has 0 aliphatic rings. The first kappa shape index (κ1) is 16.7. The minimum absolute atomic E-state index is 0.0444. The van der Waals surface area contributed by atoms with Gasteiger partial charge in [-0.25, -0.2) is 4.39 Å². The molecule has 1 aromatic heterocycles. The maximum Gasteiger partial charge on any atom is 0.274 e. The fraction of sp³-hybridized carbons (Fsp3) is 0.0625. The monoisotopic (exact) mass is 407 g/mol. The number of azo groups is 1. The zero-order valence-electron chi connectivity index (χ0n) is 12.2. The largest absolute Gasteiger partial charge is 0.493 e. The minimum atomic E-state index is -0.521. The summed E-state index contributed by atoms with van der Waals surface area (Å²) in [5.74, 6) is -1.11. The molecule has 1 amide bonds. The van der Waals surface area contributed by atoms with Gasteiger partial charge < -0.3 is 10.1 Å². The molecule has 3 rings (SSSR count). The summed E-state index contributed by atoms with van der Waals surface area (Å²) in [6.45, 7) is 0. The standard InChI is InChI=1S/C16H11BrFN3O2S/c17-9-5-6-12-10(7-9)15(16(23)19-12)21-20-14(22)8-24-13-4-2-1-3-11(13)18/h1-7,19,23H,8H2. The Morgan fingerprint density at radius 3 is 2.88 bits per heavy atom. The lowest BCUT2D eigenvalue weighted by atomic mass is 10.2. The Kier molecular flexibility index (Phi) is 4.96. The van der Waals surface area contributed by atoms with Gasteiger partial charge in [-0.15, -0.1) is 22.0 Å². The molecule has 0 spiro atoms. The fourth-order valence-corrected chi connectivity index (χ4v) is 3.15. The number of H-pyrrole nitrogens is 1. The van der Waals surface area contributed by atoms with Gasteiger partial charge in [-0.05, 0) is 30.3 Å². The lowest BCUT2D eigenvalue weighted by Crippen LogP contribution is -1.96. The van der Waals surface area contributed by atoms with Gasteiger partial charge in [0.2, 0.25) is 5.88 Å². The highest BCUT2D eigenvalue weighted by molar-refractivity contribution is 9.10. The fourth-order valence-electron chi connectivity index (χ4n) is 2.07. The van der Waals surface area contributed by atoms with Crippen molar-refractivity contribution in [3.8, 4) is 5.88 Å². The molecule has 122 valence electrons. The molecule has 0 aliphatic carbocycles. The zero-order valence-corrected chi connectivity index (χ0v) is 14.6. The van der Waals surface area contributed by atoms with Crippen molar-refractivity contribution >= 4 is 50.2 Å². The third kappa shape index (κ3) is 3.65. The number of hydrogen-bond donors (Lipinski definition) is 2. The predicted molar refractivity (Wildman–Crippen MR) is 94.3 cm³/mol. The number of aromatic nitrogens is 1. The molecule has 2 N–H and O–H groups in total. The Balaban J connectivity index is 1.74. The normalized spacial score (nSPS) is 11.4. The summed E-state index contributed by atoms with van der Waals surface area (Å²) in [5, 5.41) is 18.0. The van der Waals surface area contributed by atoms with Gasteiger partial charge in [0.15, 0.2) is 5.69 Å². The van der Waals surface area contributed by atoms with Crippen LogP contribution < -0.4 is 0 Å². The molecule has 8 heteroatoms. The molecule has 0 saturated carbocycles. The molecule has 0 fully saturated rings. The number of aromatic hydroxyl groups is 1. The van der Waals surface area contributed by atoms with E-state index in [2.05, 4.69) is 31.1 Å². The van der Waals surface area contributed by atoms with Gasteiger partial charge in [-0.3, -0.25) is 4.79 Å². The second-order valence-electron chi connectivity index (χ2n) is 4.82. The van der Waals surface area contributed by atoms with Gasteiger partial charge in [0.1, 0.15) is 5.82 Å². The van der Waals surface area contributed by atoms with Crippen molar-refractivity contribution in [1.82, 2.24) is 4.98 Å². The van der Waals surface area contributed by atoms with E-state index in [0.717, 1.165) is 16.2 Å². The summed E-state index contributed by atoms with van der Waals surface area (Å²) in [5.41, 5.74) is 0.869. The lowest BCUT2D eigenvalue weighted by molar-refractivity contribution is -0.115. The highest BCUT2D eigenvalue weighted by atomic mass is 79.9. The third-order valence-corrected chi connectivity index (χ3v) is 4.69. The highest BCUT2D eigenvalue weighted by Crippen LogP contribution is 2.36. The SMILES string of the molecule is O=C(CSc1ccccc1F)N=Nc1c(O)[nH]c2ccc(Br)cc12. The van der Waals surface area contributed by atoms with Crippen LogP contribution in [0.5, 0.6) is 5.88 Å². The zero-order chi connectivity index (χ0) is 17.1. The number of hydrogen-bond acceptors (Lipinski definition) is 4. The van der Waals surface area contributed by atoms with Crippen molar-refractivity contribution in [2.75, 3.05) is 5.75 Å². The van der Waals surface area contributed by atoms with Gasteiger partial charge in [0, 0.05) is 14.8 Å². The number of amides is 1. The van der Waals surface area contributed by atoms with Crippen LogP contribution in [0.15, 0.2) is 62.1 Å². The summed E-state index contributed by atoms with van der Waals surface area (Å²) in [6, 6.07) is 11.5. The predicted octanol–water partition coefficient (Wildman–Crippen LogP) is 5.18. The first-order valence-electron chi connectivity index (χ1n) is 6.86. The van der Waals surface area contributed by atoms with Crippen molar-refractivity contribution in [3.63, 3.8) is 0 Å². The van der Waals surface area contributed by atoms with E-state index in [1.165, 1.54) is 6.07 Å². The van der Waals surface area contributed by atoms with Crippen LogP contribution in [-0.2, 0) is 4.79 Å². The first-order valence-corrected chi connectivity index (χ1v) is 8.64. The second kappa shape index (κ2) is 7.14. The molecule has 5 nitrogen and oxygen atoms in total. The van der Waals surface area contributed by atoms with E-state index in [0.29, 0.717) is 15.8 Å². The number of benzene rings is 2. The van der Waals surface area contributed by atoms with Crippen molar-refractivity contribution < 1.29 is 14.3 Å². The van der Waals surface area contributed by atoms with E-state index < -0.39 is 5.91 Å². The number of nitrogens with one attached hydrogen (secondary N) is 1. The van der Waals surface area contributed by atoms with Gasteiger partial charge in [-0.2, -0.15) is 0 Å². The molecule has 0 saturated heterocycles. The van der Waals surface area contributed by atoms with Crippen LogP contribution in [0.3, 0.4) is 0 Å². The number of thioether (sulfide) groups is 1. The van der Waals surface area contributed by atoms with E-state index in [1.807, 2.05) is 6.07 Å². The molecule has 1 heterocycles. The van der Waals surface area contributed by atoms with Gasteiger partial charge in [0.25, 0.3) is 5.91 Å². The van der Waals surface area contributed by atoms with Gasteiger partial charge in [-0.1, -0.05) is 28.1 Å². The average molecular weight is 408 g/mol. The highest BCUT2D eigenvalue weighted by Gasteiger charge is 2.12. The molecule has 3 aromatic rings. The quantitative estimate of drug-likeness (QED) is 0.462. The Morgan fingerprint density at radius 1 is 1.29 bits per heavy atom. The third-order valence-electron chi connectivity index (χ3n) is 3.16. The number of fused-ring (bicyclic) bond motifs is 1. The summed E-state index contributed by atoms with van der Waals surface area (Å²) in [7, 11) is 0. The van der Waals surface area contributed by atoms with Crippen LogP contribution in [0.25, 0.3) is 10.9 Å². The summed E-state index contributed by atoms with van der Waals surface area (Å²) in [6.07, 6.45) is 0. The summed E-state index contributed by atoms with van der Waals surface area (Å²) in [4.78, 5) is 15.0. The number of halogens is 2. The molecule has 24 heavy (non-hydrogen) atoms. The molecule has 0 atom stereocenters. The van der Waals surface area contributed by atoms with Crippen LogP contribution in [0.1, 0.15) is 0 Å². The van der Waals surface area contributed by atoms with E-state index in [4.69, 9.17) is 0 Å². The lowest BCUT2D eigenvalue weighted by Gasteiger charge is -1.99. The maximum absolute atomic E-state index is 13.5. The topological polar surface area (TPSA) is 77.8 Å². The number of rotatable bonds is 4. The van der Waals surface area contributed by atoms with E-state index in [1.54, 1.807) is 30.3 Å². The molecule has 0 bridgehead atoms. The second-order valence-corrected chi connectivity index (χ2v) is 6.76. The Labute approximate surface area is 149 Å². The average Bonchev–Trinajstić information content (AvgIpc) is 2.87. The van der Waals surface area contributed by atoms with E-state index >= 15 is 0 Å². The van der Waals surface area contributed by atoms with Crippen LogP contribution >= 0.6 is 27.7 Å². The van der Waals surface area contributed by atoms with Gasteiger partial charge >= 0.3 is 0 Å². The molecule has 0 radical (unpaired) electrons. The summed E-state index contributed by atoms with van der Waals surface area (Å²) >= 11 is 4.39. The van der Waals surface area contributed by atoms with Crippen LogP contribution in [0, 0.1) is 5.82 Å². The molecule has 0 unspecified atom stereocenters.